The molecule has 0 saturated heterocycles. The van der Waals surface area contributed by atoms with Gasteiger partial charge >= 0.3 is 12.1 Å². The number of aliphatic carboxylic acids is 1. The van der Waals surface area contributed by atoms with Gasteiger partial charge in [0, 0.05) is 4.88 Å². The van der Waals surface area contributed by atoms with E-state index in [1.54, 1.807) is 13.0 Å². The van der Waals surface area contributed by atoms with Gasteiger partial charge in [-0.15, -0.1) is 11.3 Å². The second kappa shape index (κ2) is 4.22. The standard InChI is InChI=1S/C9H9F3O2S/c1-5-2-3-15-8(5)6(4-7(13)14)9(10,11)12/h2-3,6H,4H2,1H3,(H,13,14). The first kappa shape index (κ1) is 12.0. The first-order chi connectivity index (χ1) is 6.82. The fraction of sp³-hybridized carbons (Fsp3) is 0.444. The summed E-state index contributed by atoms with van der Waals surface area (Å²) >= 11 is 0.943. The van der Waals surface area contributed by atoms with Crippen molar-refractivity contribution in [1.29, 1.82) is 0 Å². The van der Waals surface area contributed by atoms with Crippen molar-refractivity contribution in [3.63, 3.8) is 0 Å². The summed E-state index contributed by atoms with van der Waals surface area (Å²) in [6.45, 7) is 1.55. The molecule has 0 saturated carbocycles. The smallest absolute Gasteiger partial charge is 0.397 e. The minimum atomic E-state index is -4.51. The third-order valence-electron chi connectivity index (χ3n) is 1.99. The second-order valence-corrected chi connectivity index (χ2v) is 4.11. The van der Waals surface area contributed by atoms with Gasteiger partial charge in [-0.05, 0) is 23.9 Å². The van der Waals surface area contributed by atoms with Gasteiger partial charge in [0.2, 0.25) is 0 Å². The molecule has 1 aromatic heterocycles. The Balaban J connectivity index is 3.02. The molecule has 2 nitrogen and oxygen atoms in total. The lowest BCUT2D eigenvalue weighted by Crippen LogP contribution is -2.23. The van der Waals surface area contributed by atoms with Crippen LogP contribution in [0.3, 0.4) is 0 Å². The van der Waals surface area contributed by atoms with E-state index in [1.807, 2.05) is 0 Å². The van der Waals surface area contributed by atoms with Crippen molar-refractivity contribution in [2.75, 3.05) is 0 Å². The summed E-state index contributed by atoms with van der Waals surface area (Å²) in [5.41, 5.74) is 0.489. The molecule has 1 unspecified atom stereocenters. The van der Waals surface area contributed by atoms with Crippen molar-refractivity contribution < 1.29 is 23.1 Å². The average molecular weight is 238 g/mol. The van der Waals surface area contributed by atoms with Crippen molar-refractivity contribution >= 4 is 17.3 Å². The van der Waals surface area contributed by atoms with Crippen molar-refractivity contribution in [3.8, 4) is 0 Å². The van der Waals surface area contributed by atoms with Crippen LogP contribution in [-0.4, -0.2) is 17.3 Å². The van der Waals surface area contributed by atoms with Gasteiger partial charge in [0.05, 0.1) is 12.3 Å². The maximum Gasteiger partial charge on any atom is 0.397 e. The molecule has 6 heteroatoms. The average Bonchev–Trinajstić information content (AvgIpc) is 2.45. The summed E-state index contributed by atoms with van der Waals surface area (Å²) in [5, 5.41) is 9.97. The van der Waals surface area contributed by atoms with Gasteiger partial charge < -0.3 is 5.11 Å². The SMILES string of the molecule is Cc1ccsc1C(CC(=O)O)C(F)(F)F. The number of aryl methyl sites for hydroxylation is 1. The molecular weight excluding hydrogens is 229 g/mol. The second-order valence-electron chi connectivity index (χ2n) is 3.16. The van der Waals surface area contributed by atoms with Crippen LogP contribution in [-0.2, 0) is 4.79 Å². The molecule has 0 aromatic carbocycles. The molecule has 0 radical (unpaired) electrons. The minimum absolute atomic E-state index is 0.0879. The molecule has 0 bridgehead atoms. The highest BCUT2D eigenvalue weighted by Crippen LogP contribution is 2.40. The third-order valence-corrected chi connectivity index (χ3v) is 3.12. The van der Waals surface area contributed by atoms with E-state index < -0.39 is 24.5 Å². The van der Waals surface area contributed by atoms with Crippen LogP contribution in [0.25, 0.3) is 0 Å². The zero-order chi connectivity index (χ0) is 11.6. The molecule has 0 aliphatic heterocycles. The van der Waals surface area contributed by atoms with Crippen molar-refractivity contribution in [2.45, 2.75) is 25.4 Å². The first-order valence-electron chi connectivity index (χ1n) is 4.15. The molecule has 0 fully saturated rings. The highest BCUT2D eigenvalue weighted by atomic mass is 32.1. The van der Waals surface area contributed by atoms with Crippen LogP contribution in [0, 0.1) is 6.92 Å². The Morgan fingerprint density at radius 2 is 2.20 bits per heavy atom. The van der Waals surface area contributed by atoms with Crippen molar-refractivity contribution in [3.05, 3.63) is 21.9 Å². The number of carboxylic acids is 1. The van der Waals surface area contributed by atoms with E-state index >= 15 is 0 Å². The molecule has 1 N–H and O–H groups in total. The number of halogens is 3. The molecular formula is C9H9F3O2S. The highest BCUT2D eigenvalue weighted by molar-refractivity contribution is 7.10. The lowest BCUT2D eigenvalue weighted by atomic mass is 10.0. The van der Waals surface area contributed by atoms with Crippen LogP contribution in [0.1, 0.15) is 22.8 Å². The number of rotatable bonds is 3. The van der Waals surface area contributed by atoms with Gasteiger partial charge in [0.25, 0.3) is 0 Å². The van der Waals surface area contributed by atoms with E-state index in [-0.39, 0.29) is 4.88 Å². The highest BCUT2D eigenvalue weighted by Gasteiger charge is 2.43. The first-order valence-corrected chi connectivity index (χ1v) is 5.03. The van der Waals surface area contributed by atoms with E-state index in [0.717, 1.165) is 11.3 Å². The van der Waals surface area contributed by atoms with Gasteiger partial charge in [-0.3, -0.25) is 4.79 Å². The fourth-order valence-corrected chi connectivity index (χ4v) is 2.33. The predicted molar refractivity (Wildman–Crippen MR) is 50.1 cm³/mol. The Bertz CT molecular complexity index is 356. The molecule has 0 aliphatic rings. The quantitative estimate of drug-likeness (QED) is 0.878. The number of hydrogen-bond donors (Lipinski definition) is 1. The van der Waals surface area contributed by atoms with Gasteiger partial charge in [0.15, 0.2) is 0 Å². The van der Waals surface area contributed by atoms with Crippen LogP contribution in [0.15, 0.2) is 11.4 Å². The maximum absolute atomic E-state index is 12.6. The molecule has 1 heterocycles. The Hall–Kier alpha value is -1.04. The largest absolute Gasteiger partial charge is 0.481 e. The summed E-state index contributed by atoms with van der Waals surface area (Å²) in [6.07, 6.45) is -5.42. The Morgan fingerprint density at radius 3 is 2.53 bits per heavy atom. The van der Waals surface area contributed by atoms with E-state index in [4.69, 9.17) is 5.11 Å². The van der Waals surface area contributed by atoms with Crippen LogP contribution in [0.2, 0.25) is 0 Å². The number of alkyl halides is 3. The van der Waals surface area contributed by atoms with Crippen LogP contribution in [0.5, 0.6) is 0 Å². The van der Waals surface area contributed by atoms with E-state index in [9.17, 15) is 18.0 Å². The maximum atomic E-state index is 12.6. The van der Waals surface area contributed by atoms with E-state index in [1.165, 1.54) is 5.38 Å². The summed E-state index contributed by atoms with van der Waals surface area (Å²) in [5.74, 6) is -3.33. The topological polar surface area (TPSA) is 37.3 Å². The molecule has 1 aromatic rings. The molecule has 15 heavy (non-hydrogen) atoms. The minimum Gasteiger partial charge on any atom is -0.481 e. The molecule has 0 spiro atoms. The Kier molecular flexibility index (Phi) is 3.38. The summed E-state index contributed by atoms with van der Waals surface area (Å²) in [7, 11) is 0. The molecule has 84 valence electrons. The zero-order valence-corrected chi connectivity index (χ0v) is 8.65. The van der Waals surface area contributed by atoms with Gasteiger partial charge in [-0.2, -0.15) is 13.2 Å². The lowest BCUT2D eigenvalue weighted by Gasteiger charge is -2.18. The number of carbonyl (C=O) groups is 1. The summed E-state index contributed by atoms with van der Waals surface area (Å²) in [6, 6.07) is 1.56. The molecule has 0 amide bonds. The zero-order valence-electron chi connectivity index (χ0n) is 7.84. The lowest BCUT2D eigenvalue weighted by molar-refractivity contribution is -0.162. The normalized spacial score (nSPS) is 13.9. The number of thiophene rings is 1. The van der Waals surface area contributed by atoms with E-state index in [0.29, 0.717) is 5.56 Å². The molecule has 1 atom stereocenters. The fourth-order valence-electron chi connectivity index (χ4n) is 1.27. The Labute approximate surface area is 88.3 Å². The van der Waals surface area contributed by atoms with Crippen LogP contribution in [0.4, 0.5) is 13.2 Å². The van der Waals surface area contributed by atoms with Crippen LogP contribution >= 0.6 is 11.3 Å². The monoisotopic (exact) mass is 238 g/mol. The number of carboxylic acid groups (broad SMARTS) is 1. The van der Waals surface area contributed by atoms with Crippen molar-refractivity contribution in [1.82, 2.24) is 0 Å². The Morgan fingerprint density at radius 1 is 1.60 bits per heavy atom. The molecule has 1 rings (SSSR count). The summed E-state index contributed by atoms with van der Waals surface area (Å²) < 4.78 is 37.7. The summed E-state index contributed by atoms with van der Waals surface area (Å²) in [4.78, 5) is 10.5. The van der Waals surface area contributed by atoms with Gasteiger partial charge in [0.1, 0.15) is 0 Å². The van der Waals surface area contributed by atoms with Gasteiger partial charge in [-0.25, -0.2) is 0 Å². The van der Waals surface area contributed by atoms with Crippen molar-refractivity contribution in [2.24, 2.45) is 0 Å². The third kappa shape index (κ3) is 2.95. The number of hydrogen-bond acceptors (Lipinski definition) is 2. The predicted octanol–water partition coefficient (Wildman–Crippen LogP) is 3.18. The molecule has 0 aliphatic carbocycles. The van der Waals surface area contributed by atoms with Crippen LogP contribution < -0.4 is 0 Å². The van der Waals surface area contributed by atoms with Gasteiger partial charge in [-0.1, -0.05) is 0 Å². The van der Waals surface area contributed by atoms with E-state index in [2.05, 4.69) is 0 Å².